The summed E-state index contributed by atoms with van der Waals surface area (Å²) in [6.07, 6.45) is -0.301. The van der Waals surface area contributed by atoms with Gasteiger partial charge in [-0.15, -0.1) is 0 Å². The van der Waals surface area contributed by atoms with Crippen molar-refractivity contribution in [1.29, 1.82) is 0 Å². The number of aliphatic hydroxyl groups excluding tert-OH is 11. The summed E-state index contributed by atoms with van der Waals surface area (Å²) in [5.74, 6) is 0.362. The SMILES string of the molecule is CC(C)(O)[C@@H]1CC[C@](C)([C@H]2[C@@H](O)C[C@@]3(C)[C@@H]4C[C@H](O)[C@H]5C(C)(C)C(O)CC[C@@]56CC46CC[C@]23C)O1.CC(C)(O)[C@@H]1CC[C@](C)([C@H]2[C@@H](O)C[C@@]3(C)[C@@H]4C[C@H](OC5O[C@H](CO)[C@@H](O)[C@H](O)[C@H]5O)[C@H]5C(C)(C)C(O[C@@H]6OC[C@@H](O)[C@H](O)[C@H]6O)CC[C@@]56CC46CC[C@]23C)O1. The van der Waals surface area contributed by atoms with Crippen molar-refractivity contribution in [2.24, 2.45) is 89.7 Å². The fourth-order valence-electron chi connectivity index (χ4n) is 27.0. The van der Waals surface area contributed by atoms with Gasteiger partial charge < -0.3 is 94.8 Å². The Hall–Kier alpha value is -0.760. The minimum absolute atomic E-state index is 0.0267. The molecule has 5 unspecified atom stereocenters. The van der Waals surface area contributed by atoms with Crippen LogP contribution in [-0.4, -0.2) is 206 Å². The number of fused-ring (bicyclic) bond motifs is 4. The van der Waals surface area contributed by atoms with Crippen LogP contribution < -0.4 is 0 Å². The first-order valence-electron chi connectivity index (χ1n) is 35.3. The molecule has 516 valence electrons. The van der Waals surface area contributed by atoms with Crippen LogP contribution in [0.25, 0.3) is 0 Å². The van der Waals surface area contributed by atoms with Gasteiger partial charge in [-0.2, -0.15) is 0 Å². The standard InChI is InChI=1S/C41H68O14.C30H50O5/c1-35(2)24(54-33-29(48)26(45)20(44)17-51-33)9-11-41-18-40(41)13-12-37(5)31(39(7)10-8-25(55-39)36(3,4)50)19(43)15-38(37,6)23(40)14-21(32(35)41)52-34-30(49)28(47)27(46)22(16-42)53-34;1-24(2)20(33)8-11-30-16-29(30)13-12-26(5)23(28(7)10-9-21(35-28)25(3,4)34)18(32)15-27(26,6)19(29)14-17(31)22(24)30/h19-34,42-50H,8-18H2,1-7H3;17-23,31-34H,8-16H2,1-7H3/t19-,20+,21-,22+,23-,24?,25-,26-,27+,28-,29+,30+,31-,32-,33-,34?,37+,38-,39+,40?,41+;17-,18-,19-,20?,21-,22-,23-,26+,27-,28+,29?,30+/m00/s1. The van der Waals surface area contributed by atoms with Crippen molar-refractivity contribution in [3.05, 3.63) is 0 Å². The Bertz CT molecular complexity index is 2720. The highest BCUT2D eigenvalue weighted by molar-refractivity contribution is 5.35. The van der Waals surface area contributed by atoms with Gasteiger partial charge in [0, 0.05) is 11.8 Å². The first-order valence-corrected chi connectivity index (χ1v) is 35.3. The lowest BCUT2D eigenvalue weighted by molar-refractivity contribution is -0.339. The molecule has 10 aliphatic carbocycles. The predicted molar refractivity (Wildman–Crippen MR) is 328 cm³/mol. The summed E-state index contributed by atoms with van der Waals surface area (Å²) < 4.78 is 38.5. The lowest BCUT2D eigenvalue weighted by Gasteiger charge is -2.65. The van der Waals surface area contributed by atoms with Crippen molar-refractivity contribution >= 4 is 0 Å². The van der Waals surface area contributed by atoms with Crippen LogP contribution in [0, 0.1) is 89.7 Å². The van der Waals surface area contributed by atoms with E-state index in [1.165, 1.54) is 6.42 Å². The minimum atomic E-state index is -1.60. The molecule has 0 aromatic rings. The van der Waals surface area contributed by atoms with Crippen LogP contribution in [-0.2, 0) is 28.4 Å². The summed E-state index contributed by atoms with van der Waals surface area (Å²) in [5.41, 5.74) is -4.51. The summed E-state index contributed by atoms with van der Waals surface area (Å²) in [7, 11) is 0. The molecular formula is C71H118O19. The second kappa shape index (κ2) is 21.1. The molecule has 0 bridgehead atoms. The minimum Gasteiger partial charge on any atom is -0.394 e. The maximum absolute atomic E-state index is 12.2. The van der Waals surface area contributed by atoms with E-state index in [4.69, 9.17) is 28.4 Å². The zero-order valence-corrected chi connectivity index (χ0v) is 56.7. The number of hydrogen-bond acceptors (Lipinski definition) is 19. The zero-order chi connectivity index (χ0) is 65.7. The molecule has 10 saturated carbocycles. The molecule has 13 N–H and O–H groups in total. The number of rotatable bonds is 9. The van der Waals surface area contributed by atoms with Gasteiger partial charge >= 0.3 is 0 Å². The lowest BCUT2D eigenvalue weighted by atomic mass is 9.41. The molecule has 14 aliphatic rings. The Labute approximate surface area is 534 Å². The molecule has 19 nitrogen and oxygen atoms in total. The molecule has 0 aromatic carbocycles. The molecule has 0 amide bonds. The van der Waals surface area contributed by atoms with Gasteiger partial charge in [-0.25, -0.2) is 0 Å². The molecule has 14 fully saturated rings. The van der Waals surface area contributed by atoms with E-state index in [1.54, 1.807) is 13.8 Å². The van der Waals surface area contributed by atoms with Crippen LogP contribution >= 0.6 is 0 Å². The molecule has 4 spiro atoms. The zero-order valence-electron chi connectivity index (χ0n) is 56.7. The molecule has 14 rings (SSSR count). The largest absolute Gasteiger partial charge is 0.394 e. The summed E-state index contributed by atoms with van der Waals surface area (Å²) in [6.45, 7) is 28.9. The van der Waals surface area contributed by atoms with Crippen molar-refractivity contribution in [2.75, 3.05) is 13.2 Å². The van der Waals surface area contributed by atoms with Crippen LogP contribution in [0.2, 0.25) is 0 Å². The third kappa shape index (κ3) is 9.02. The van der Waals surface area contributed by atoms with E-state index in [9.17, 15) is 66.4 Å². The van der Waals surface area contributed by atoms with Crippen molar-refractivity contribution in [1.82, 2.24) is 0 Å². The van der Waals surface area contributed by atoms with Crippen LogP contribution in [0.15, 0.2) is 0 Å². The molecule has 4 saturated heterocycles. The molecule has 0 radical (unpaired) electrons. The first-order chi connectivity index (χ1) is 41.5. The van der Waals surface area contributed by atoms with Gasteiger partial charge in [0.05, 0.1) is 84.4 Å². The first kappa shape index (κ1) is 67.8. The topological polar surface area (TPSA) is 318 Å². The third-order valence-electron chi connectivity index (χ3n) is 31.4. The van der Waals surface area contributed by atoms with E-state index in [1.807, 2.05) is 13.8 Å². The highest BCUT2D eigenvalue weighted by Crippen LogP contribution is 2.91. The fraction of sp³-hybridized carbons (Fsp3) is 1.00. The van der Waals surface area contributed by atoms with E-state index < -0.39 is 120 Å². The Morgan fingerprint density at radius 3 is 1.43 bits per heavy atom. The van der Waals surface area contributed by atoms with E-state index >= 15 is 0 Å². The second-order valence-electron chi connectivity index (χ2n) is 37.0. The fourth-order valence-corrected chi connectivity index (χ4v) is 27.0. The third-order valence-corrected chi connectivity index (χ3v) is 31.4. The number of aliphatic hydroxyl groups is 13. The molecule has 4 heterocycles. The lowest BCUT2D eigenvalue weighted by Crippen LogP contribution is -2.65. The Balaban J connectivity index is 0.000000182. The van der Waals surface area contributed by atoms with Gasteiger partial charge in [0.15, 0.2) is 12.6 Å². The van der Waals surface area contributed by atoms with E-state index in [0.717, 1.165) is 83.5 Å². The average molecular weight is 1280 g/mol. The van der Waals surface area contributed by atoms with Crippen LogP contribution in [0.3, 0.4) is 0 Å². The van der Waals surface area contributed by atoms with Crippen molar-refractivity contribution in [2.45, 2.75) is 339 Å². The summed E-state index contributed by atoms with van der Waals surface area (Å²) in [4.78, 5) is 0. The highest BCUT2D eigenvalue weighted by atomic mass is 16.7. The average Bonchev–Trinajstić information content (AvgIpc) is 1.47. The molecule has 33 atom stereocenters. The predicted octanol–water partition coefficient (Wildman–Crippen LogP) is 5.16. The van der Waals surface area contributed by atoms with Gasteiger partial charge in [0.2, 0.25) is 0 Å². The van der Waals surface area contributed by atoms with Crippen LogP contribution in [0.5, 0.6) is 0 Å². The van der Waals surface area contributed by atoms with Gasteiger partial charge in [0.25, 0.3) is 0 Å². The molecule has 4 aliphatic heterocycles. The van der Waals surface area contributed by atoms with Crippen molar-refractivity contribution in [3.63, 3.8) is 0 Å². The van der Waals surface area contributed by atoms with Gasteiger partial charge in [-0.05, 0) is 235 Å². The number of hydrogen-bond donors (Lipinski definition) is 13. The van der Waals surface area contributed by atoms with E-state index in [-0.39, 0.29) is 103 Å². The van der Waals surface area contributed by atoms with Gasteiger partial charge in [0.1, 0.15) is 42.7 Å². The van der Waals surface area contributed by atoms with Crippen LogP contribution in [0.4, 0.5) is 0 Å². The smallest absolute Gasteiger partial charge is 0.186 e. The highest BCUT2D eigenvalue weighted by Gasteiger charge is 2.87. The van der Waals surface area contributed by atoms with Gasteiger partial charge in [-0.3, -0.25) is 0 Å². The van der Waals surface area contributed by atoms with Crippen LogP contribution in [0.1, 0.15) is 213 Å². The monoisotopic (exact) mass is 1270 g/mol. The summed E-state index contributed by atoms with van der Waals surface area (Å²) in [5, 5.41) is 142. The van der Waals surface area contributed by atoms with Crippen molar-refractivity contribution in [3.8, 4) is 0 Å². The van der Waals surface area contributed by atoms with E-state index in [0.29, 0.717) is 31.6 Å². The molecular weight excluding hydrogens is 1160 g/mol. The number of ether oxygens (including phenoxy) is 6. The quantitative estimate of drug-likeness (QED) is 0.133. The normalized spacial score (nSPS) is 59.6. The Morgan fingerprint density at radius 2 is 0.933 bits per heavy atom. The molecule has 90 heavy (non-hydrogen) atoms. The maximum Gasteiger partial charge on any atom is 0.186 e. The Morgan fingerprint density at radius 1 is 0.444 bits per heavy atom. The summed E-state index contributed by atoms with van der Waals surface area (Å²) >= 11 is 0. The Kier molecular flexibility index (Phi) is 15.9. The molecule has 0 aromatic heterocycles. The summed E-state index contributed by atoms with van der Waals surface area (Å²) in [6, 6.07) is 0. The van der Waals surface area contributed by atoms with Gasteiger partial charge in [-0.1, -0.05) is 55.4 Å². The maximum atomic E-state index is 12.2. The second-order valence-corrected chi connectivity index (χ2v) is 37.0. The van der Waals surface area contributed by atoms with E-state index in [2.05, 4.69) is 69.2 Å². The molecule has 19 heteroatoms. The van der Waals surface area contributed by atoms with Crippen molar-refractivity contribution < 1.29 is 94.8 Å².